The SMILES string of the molecule is CCOC(=O)c1ccc(N2N=C(C)[C@]3(Cc4ccccc4N4CCN(c5ccc(OC)cc5)C[C@H]43)C2=O)cc1. The number of hydrazone groups is 1. The molecule has 39 heavy (non-hydrogen) atoms. The van der Waals surface area contributed by atoms with Crippen molar-refractivity contribution in [2.75, 3.05) is 48.2 Å². The van der Waals surface area contributed by atoms with E-state index in [2.05, 4.69) is 40.1 Å². The van der Waals surface area contributed by atoms with Crippen molar-refractivity contribution in [2.45, 2.75) is 26.3 Å². The number of carbonyl (C=O) groups is 2. The van der Waals surface area contributed by atoms with Gasteiger partial charge in [-0.25, -0.2) is 4.79 Å². The molecule has 3 aliphatic rings. The fourth-order valence-electron chi connectivity index (χ4n) is 6.22. The molecule has 6 rings (SSSR count). The maximum absolute atomic E-state index is 14.5. The number of hydrogen-bond acceptors (Lipinski definition) is 7. The van der Waals surface area contributed by atoms with Gasteiger partial charge in [-0.15, -0.1) is 0 Å². The zero-order valence-electron chi connectivity index (χ0n) is 22.5. The molecule has 8 nitrogen and oxygen atoms in total. The topological polar surface area (TPSA) is 74.7 Å². The molecule has 0 N–H and O–H groups in total. The molecule has 3 aromatic rings. The summed E-state index contributed by atoms with van der Waals surface area (Å²) in [5.41, 5.74) is 4.55. The van der Waals surface area contributed by atoms with Crippen molar-refractivity contribution in [1.82, 2.24) is 0 Å². The minimum absolute atomic E-state index is 0.0371. The predicted molar refractivity (Wildman–Crippen MR) is 152 cm³/mol. The van der Waals surface area contributed by atoms with Crippen LogP contribution >= 0.6 is 0 Å². The molecule has 0 aromatic heterocycles. The molecule has 0 saturated carbocycles. The van der Waals surface area contributed by atoms with Crippen molar-refractivity contribution in [3.63, 3.8) is 0 Å². The highest BCUT2D eigenvalue weighted by molar-refractivity contribution is 6.20. The Kier molecular flexibility index (Phi) is 6.25. The van der Waals surface area contributed by atoms with Gasteiger partial charge in [0, 0.05) is 31.0 Å². The van der Waals surface area contributed by atoms with Crippen molar-refractivity contribution in [3.8, 4) is 5.75 Å². The lowest BCUT2D eigenvalue weighted by Gasteiger charge is -2.53. The van der Waals surface area contributed by atoms with Gasteiger partial charge in [0.05, 0.1) is 36.7 Å². The van der Waals surface area contributed by atoms with Gasteiger partial charge in [0.25, 0.3) is 5.91 Å². The molecule has 2 atom stereocenters. The van der Waals surface area contributed by atoms with Crippen LogP contribution in [0, 0.1) is 5.41 Å². The number of rotatable bonds is 5. The van der Waals surface area contributed by atoms with Crippen LogP contribution in [0.4, 0.5) is 17.1 Å². The zero-order chi connectivity index (χ0) is 27.1. The molecule has 0 bridgehead atoms. The number of ether oxygens (including phenoxy) is 2. The summed E-state index contributed by atoms with van der Waals surface area (Å²) in [6, 6.07) is 23.3. The average molecular weight is 525 g/mol. The molecule has 0 radical (unpaired) electrons. The van der Waals surface area contributed by atoms with E-state index in [1.807, 2.05) is 25.1 Å². The minimum atomic E-state index is -0.806. The molecular formula is C31H32N4O4. The summed E-state index contributed by atoms with van der Waals surface area (Å²) in [6.07, 6.45) is 0.590. The Balaban J connectivity index is 1.36. The van der Waals surface area contributed by atoms with Crippen LogP contribution in [0.5, 0.6) is 5.75 Å². The van der Waals surface area contributed by atoms with Crippen LogP contribution in [0.3, 0.4) is 0 Å². The number of methoxy groups -OCH3 is 1. The highest BCUT2D eigenvalue weighted by atomic mass is 16.5. The van der Waals surface area contributed by atoms with Crippen LogP contribution < -0.4 is 19.5 Å². The Labute approximate surface area is 228 Å². The van der Waals surface area contributed by atoms with Crippen molar-refractivity contribution in [3.05, 3.63) is 83.9 Å². The van der Waals surface area contributed by atoms with Crippen LogP contribution in [0.1, 0.15) is 29.8 Å². The van der Waals surface area contributed by atoms with E-state index in [1.54, 1.807) is 38.3 Å². The van der Waals surface area contributed by atoms with Crippen molar-refractivity contribution < 1.29 is 19.1 Å². The molecule has 8 heteroatoms. The second-order valence-corrected chi connectivity index (χ2v) is 10.2. The van der Waals surface area contributed by atoms with Gasteiger partial charge in [0.15, 0.2) is 0 Å². The van der Waals surface area contributed by atoms with E-state index in [0.717, 1.165) is 35.8 Å². The Morgan fingerprint density at radius 1 is 1.00 bits per heavy atom. The summed E-state index contributed by atoms with van der Waals surface area (Å²) in [5, 5.41) is 6.35. The van der Waals surface area contributed by atoms with Crippen LogP contribution in [0.25, 0.3) is 0 Å². The Morgan fingerprint density at radius 3 is 2.44 bits per heavy atom. The first-order valence-corrected chi connectivity index (χ1v) is 13.4. The van der Waals surface area contributed by atoms with Gasteiger partial charge in [0.2, 0.25) is 0 Å². The third kappa shape index (κ3) is 4.02. The molecule has 200 valence electrons. The monoisotopic (exact) mass is 524 g/mol. The number of nitrogens with zero attached hydrogens (tertiary/aromatic N) is 4. The highest BCUT2D eigenvalue weighted by Crippen LogP contribution is 2.48. The minimum Gasteiger partial charge on any atom is -0.497 e. The highest BCUT2D eigenvalue weighted by Gasteiger charge is 2.59. The zero-order valence-corrected chi connectivity index (χ0v) is 22.5. The number of hydrogen-bond donors (Lipinski definition) is 0. The molecule has 1 fully saturated rings. The molecule has 0 unspecified atom stereocenters. The van der Waals surface area contributed by atoms with Gasteiger partial charge in [0.1, 0.15) is 11.2 Å². The first-order chi connectivity index (χ1) is 19.0. The maximum atomic E-state index is 14.5. The summed E-state index contributed by atoms with van der Waals surface area (Å²) >= 11 is 0. The van der Waals surface area contributed by atoms with Crippen LogP contribution in [0.2, 0.25) is 0 Å². The largest absolute Gasteiger partial charge is 0.497 e. The number of carbonyl (C=O) groups excluding carboxylic acids is 2. The number of amides is 1. The maximum Gasteiger partial charge on any atom is 0.338 e. The lowest BCUT2D eigenvalue weighted by molar-refractivity contribution is -0.125. The lowest BCUT2D eigenvalue weighted by Crippen LogP contribution is -2.67. The molecule has 3 heterocycles. The van der Waals surface area contributed by atoms with E-state index >= 15 is 0 Å². The fourth-order valence-corrected chi connectivity index (χ4v) is 6.22. The van der Waals surface area contributed by atoms with E-state index in [4.69, 9.17) is 14.6 Å². The number of para-hydroxylation sites is 1. The summed E-state index contributed by atoms with van der Waals surface area (Å²) in [7, 11) is 1.67. The second kappa shape index (κ2) is 9.76. The van der Waals surface area contributed by atoms with E-state index in [-0.39, 0.29) is 17.9 Å². The Hall–Kier alpha value is -4.33. The van der Waals surface area contributed by atoms with Gasteiger partial charge in [-0.3, -0.25) is 4.79 Å². The van der Waals surface area contributed by atoms with E-state index in [0.29, 0.717) is 30.8 Å². The normalized spacial score (nSPS) is 21.9. The smallest absolute Gasteiger partial charge is 0.338 e. The first kappa shape index (κ1) is 25.0. The predicted octanol–water partition coefficient (Wildman–Crippen LogP) is 4.53. The van der Waals surface area contributed by atoms with Gasteiger partial charge in [-0.1, -0.05) is 18.2 Å². The number of anilines is 3. The molecule has 3 aromatic carbocycles. The molecule has 1 amide bonds. The van der Waals surface area contributed by atoms with E-state index < -0.39 is 5.41 Å². The van der Waals surface area contributed by atoms with Crippen molar-refractivity contribution >= 4 is 34.7 Å². The quantitative estimate of drug-likeness (QED) is 0.457. The third-order valence-corrected chi connectivity index (χ3v) is 8.25. The number of esters is 1. The molecule has 0 aliphatic carbocycles. The number of piperazine rings is 1. The average Bonchev–Trinajstić information content (AvgIpc) is 3.22. The number of benzene rings is 3. The first-order valence-electron chi connectivity index (χ1n) is 13.4. The van der Waals surface area contributed by atoms with Gasteiger partial charge >= 0.3 is 5.97 Å². The molecule has 3 aliphatic heterocycles. The van der Waals surface area contributed by atoms with Gasteiger partial charge in [-0.05, 0) is 80.4 Å². The molecule has 1 saturated heterocycles. The van der Waals surface area contributed by atoms with Crippen LogP contribution in [0.15, 0.2) is 77.9 Å². The van der Waals surface area contributed by atoms with Crippen LogP contribution in [-0.2, 0) is 16.0 Å². The van der Waals surface area contributed by atoms with E-state index in [1.165, 1.54) is 10.7 Å². The Morgan fingerprint density at radius 2 is 1.72 bits per heavy atom. The lowest BCUT2D eigenvalue weighted by atomic mass is 9.67. The molecule has 1 spiro atoms. The summed E-state index contributed by atoms with van der Waals surface area (Å²) < 4.78 is 10.5. The van der Waals surface area contributed by atoms with Crippen molar-refractivity contribution in [2.24, 2.45) is 10.5 Å². The summed E-state index contributed by atoms with van der Waals surface area (Å²) in [4.78, 5) is 31.4. The van der Waals surface area contributed by atoms with Crippen molar-refractivity contribution in [1.29, 1.82) is 0 Å². The number of fused-ring (bicyclic) bond motifs is 4. The third-order valence-electron chi connectivity index (χ3n) is 8.25. The summed E-state index contributed by atoms with van der Waals surface area (Å²) in [5.74, 6) is 0.400. The fraction of sp³-hybridized carbons (Fsp3) is 0.323. The Bertz CT molecular complexity index is 1440. The van der Waals surface area contributed by atoms with Gasteiger partial charge in [-0.2, -0.15) is 10.1 Å². The molecular weight excluding hydrogens is 492 g/mol. The van der Waals surface area contributed by atoms with Gasteiger partial charge < -0.3 is 19.3 Å². The standard InChI is InChI=1S/C31H32N4O4/c1-4-39-29(36)22-9-11-25(12-10-22)35-30(37)31(21(2)32-35)19-23-7-5-6-8-27(23)34-18-17-33(20-28(31)34)24-13-15-26(38-3)16-14-24/h5-16,28H,4,17-20H2,1-3H3/t28-,31-/m0/s1. The summed E-state index contributed by atoms with van der Waals surface area (Å²) in [6.45, 7) is 6.39. The van der Waals surface area contributed by atoms with E-state index in [9.17, 15) is 9.59 Å². The van der Waals surface area contributed by atoms with Crippen LogP contribution in [-0.4, -0.2) is 57.0 Å². The second-order valence-electron chi connectivity index (χ2n) is 10.2.